The Labute approximate surface area is 112 Å². The molecule has 0 fully saturated rings. The van der Waals surface area contributed by atoms with Crippen LogP contribution in [0.4, 0.5) is 0 Å². The van der Waals surface area contributed by atoms with Crippen molar-refractivity contribution in [2.24, 2.45) is 0 Å². The molecule has 0 aromatic heterocycles. The molecule has 0 aliphatic carbocycles. The van der Waals surface area contributed by atoms with Gasteiger partial charge in [-0.05, 0) is 24.3 Å². The van der Waals surface area contributed by atoms with Gasteiger partial charge in [0.15, 0.2) is 11.5 Å². The van der Waals surface area contributed by atoms with E-state index in [0.29, 0.717) is 17.9 Å². The van der Waals surface area contributed by atoms with Gasteiger partial charge in [0, 0.05) is 11.6 Å². The van der Waals surface area contributed by atoms with Crippen LogP contribution in [0, 0.1) is 0 Å². The van der Waals surface area contributed by atoms with Crippen LogP contribution in [0.3, 0.4) is 0 Å². The van der Waals surface area contributed by atoms with Gasteiger partial charge >= 0.3 is 0 Å². The smallest absolute Gasteiger partial charge is 0.296 e. The van der Waals surface area contributed by atoms with Gasteiger partial charge in [-0.1, -0.05) is 43.3 Å². The van der Waals surface area contributed by atoms with Gasteiger partial charge in [0.2, 0.25) is 0 Å². The van der Waals surface area contributed by atoms with Crippen LogP contribution in [-0.2, 0) is 4.79 Å². The summed E-state index contributed by atoms with van der Waals surface area (Å²) in [6.07, 6.45) is 0.291. The van der Waals surface area contributed by atoms with E-state index in [1.54, 1.807) is 31.2 Å². The molecule has 4 nitrogen and oxygen atoms in total. The van der Waals surface area contributed by atoms with E-state index >= 15 is 0 Å². The van der Waals surface area contributed by atoms with Gasteiger partial charge in [-0.2, -0.15) is 0 Å². The summed E-state index contributed by atoms with van der Waals surface area (Å²) in [5.74, 6) is 0.827. The van der Waals surface area contributed by atoms with E-state index in [1.807, 2.05) is 36.4 Å². The number of para-hydroxylation sites is 2. The van der Waals surface area contributed by atoms with Crippen molar-refractivity contribution in [3.8, 4) is 11.5 Å². The molecule has 19 heavy (non-hydrogen) atoms. The first kappa shape index (κ1) is 13.0. The van der Waals surface area contributed by atoms with Gasteiger partial charge in [0.05, 0.1) is 0 Å². The average molecular weight is 257 g/mol. The van der Waals surface area contributed by atoms with Gasteiger partial charge in [0.25, 0.3) is 5.91 Å². The largest absolute Gasteiger partial charge is 0.343 e. The monoisotopic (exact) mass is 257 g/mol. The minimum absolute atomic E-state index is 0.257. The molecule has 2 aromatic carbocycles. The summed E-state index contributed by atoms with van der Waals surface area (Å²) in [6, 6.07) is 18.1. The van der Waals surface area contributed by atoms with Crippen molar-refractivity contribution in [1.29, 1.82) is 0 Å². The topological polar surface area (TPSA) is 38.8 Å². The zero-order valence-electron chi connectivity index (χ0n) is 10.7. The minimum atomic E-state index is -0.257. The standard InChI is InChI=1S/C15H15NO3/c1-2-15(17)16(18-13-9-5-3-6-10-13)19-14-11-7-4-8-12-14/h3-12H,2H2,1H3. The molecule has 0 spiro atoms. The van der Waals surface area contributed by atoms with Crippen LogP contribution in [0.5, 0.6) is 11.5 Å². The van der Waals surface area contributed by atoms with Gasteiger partial charge in [-0.3, -0.25) is 4.79 Å². The zero-order valence-corrected chi connectivity index (χ0v) is 10.7. The van der Waals surface area contributed by atoms with Gasteiger partial charge < -0.3 is 9.68 Å². The molecule has 2 rings (SSSR count). The number of carbonyl (C=O) groups is 1. The quantitative estimate of drug-likeness (QED) is 0.772. The molecule has 2 aromatic rings. The second-order valence-electron chi connectivity index (χ2n) is 3.81. The number of hydrogen-bond donors (Lipinski definition) is 0. The predicted octanol–water partition coefficient (Wildman–Crippen LogP) is 3.21. The van der Waals surface area contributed by atoms with Crippen LogP contribution in [0.1, 0.15) is 13.3 Å². The van der Waals surface area contributed by atoms with Crippen molar-refractivity contribution in [3.63, 3.8) is 0 Å². The van der Waals surface area contributed by atoms with Gasteiger partial charge in [0.1, 0.15) is 0 Å². The molecule has 0 saturated heterocycles. The molecule has 0 saturated carbocycles. The Morgan fingerprint density at radius 3 is 1.68 bits per heavy atom. The summed E-state index contributed by atoms with van der Waals surface area (Å²) in [7, 11) is 0. The number of amides is 1. The fraction of sp³-hybridized carbons (Fsp3) is 0.133. The molecule has 0 atom stereocenters. The maximum Gasteiger partial charge on any atom is 0.296 e. The molecular formula is C15H15NO3. The van der Waals surface area contributed by atoms with Crippen LogP contribution < -0.4 is 9.68 Å². The Morgan fingerprint density at radius 1 is 0.895 bits per heavy atom. The lowest BCUT2D eigenvalue weighted by Crippen LogP contribution is -2.36. The van der Waals surface area contributed by atoms with E-state index in [9.17, 15) is 4.79 Å². The number of hydrogen-bond acceptors (Lipinski definition) is 3. The lowest BCUT2D eigenvalue weighted by Gasteiger charge is -2.20. The highest BCUT2D eigenvalue weighted by molar-refractivity contribution is 5.74. The van der Waals surface area contributed by atoms with E-state index in [-0.39, 0.29) is 5.91 Å². The van der Waals surface area contributed by atoms with Crippen molar-refractivity contribution in [2.75, 3.05) is 0 Å². The molecule has 98 valence electrons. The van der Waals surface area contributed by atoms with Crippen LogP contribution >= 0.6 is 0 Å². The summed E-state index contributed by atoms with van der Waals surface area (Å²) in [5, 5.41) is 0.907. The summed E-state index contributed by atoms with van der Waals surface area (Å²) in [6.45, 7) is 1.75. The summed E-state index contributed by atoms with van der Waals surface area (Å²) in [5.41, 5.74) is 0. The number of rotatable bonds is 5. The molecule has 0 bridgehead atoms. The normalized spacial score (nSPS) is 9.74. The van der Waals surface area contributed by atoms with Crippen molar-refractivity contribution in [3.05, 3.63) is 60.7 Å². The Bertz CT molecular complexity index is 472. The van der Waals surface area contributed by atoms with Crippen molar-refractivity contribution in [2.45, 2.75) is 13.3 Å². The van der Waals surface area contributed by atoms with E-state index in [2.05, 4.69) is 0 Å². The third-order valence-corrected chi connectivity index (χ3v) is 2.37. The molecule has 0 unspecified atom stereocenters. The number of hydroxylamine groups is 2. The van der Waals surface area contributed by atoms with Gasteiger partial charge in [-0.25, -0.2) is 0 Å². The molecule has 0 aliphatic rings. The Hall–Kier alpha value is -2.49. The number of carbonyl (C=O) groups excluding carboxylic acids is 1. The maximum atomic E-state index is 11.8. The van der Waals surface area contributed by atoms with Crippen LogP contribution in [0.15, 0.2) is 60.7 Å². The van der Waals surface area contributed by atoms with Crippen molar-refractivity contribution in [1.82, 2.24) is 5.23 Å². The molecular weight excluding hydrogens is 242 g/mol. The summed E-state index contributed by atoms with van der Waals surface area (Å²) in [4.78, 5) is 22.7. The molecule has 1 amide bonds. The van der Waals surface area contributed by atoms with Crippen LogP contribution in [0.25, 0.3) is 0 Å². The Morgan fingerprint density at radius 2 is 1.32 bits per heavy atom. The second-order valence-corrected chi connectivity index (χ2v) is 3.81. The second kappa shape index (κ2) is 6.44. The zero-order chi connectivity index (χ0) is 13.5. The first-order chi connectivity index (χ1) is 9.29. The van der Waals surface area contributed by atoms with E-state index in [0.717, 1.165) is 5.23 Å². The van der Waals surface area contributed by atoms with Crippen LogP contribution in [-0.4, -0.2) is 11.1 Å². The minimum Gasteiger partial charge on any atom is -0.343 e. The highest BCUT2D eigenvalue weighted by Gasteiger charge is 2.16. The predicted molar refractivity (Wildman–Crippen MR) is 71.3 cm³/mol. The average Bonchev–Trinajstić information content (AvgIpc) is 2.48. The van der Waals surface area contributed by atoms with Crippen molar-refractivity contribution >= 4 is 5.91 Å². The van der Waals surface area contributed by atoms with Crippen molar-refractivity contribution < 1.29 is 14.5 Å². The highest BCUT2D eigenvalue weighted by atomic mass is 17.0. The van der Waals surface area contributed by atoms with E-state index < -0.39 is 0 Å². The molecule has 0 N–H and O–H groups in total. The summed E-state index contributed by atoms with van der Waals surface area (Å²) < 4.78 is 0. The highest BCUT2D eigenvalue weighted by Crippen LogP contribution is 2.15. The summed E-state index contributed by atoms with van der Waals surface area (Å²) >= 11 is 0. The number of benzene rings is 2. The number of nitrogens with zero attached hydrogens (tertiary/aromatic N) is 1. The molecule has 0 aliphatic heterocycles. The fourth-order valence-electron chi connectivity index (χ4n) is 1.40. The fourth-order valence-corrected chi connectivity index (χ4v) is 1.40. The molecule has 0 heterocycles. The van der Waals surface area contributed by atoms with Crippen LogP contribution in [0.2, 0.25) is 0 Å². The third-order valence-electron chi connectivity index (χ3n) is 2.37. The Balaban J connectivity index is 2.10. The lowest BCUT2D eigenvalue weighted by molar-refractivity contribution is -0.245. The lowest BCUT2D eigenvalue weighted by atomic mass is 10.3. The van der Waals surface area contributed by atoms with Gasteiger partial charge in [-0.15, -0.1) is 0 Å². The Kier molecular flexibility index (Phi) is 4.39. The first-order valence-corrected chi connectivity index (χ1v) is 6.08. The molecule has 4 heteroatoms. The van der Waals surface area contributed by atoms with E-state index in [1.165, 1.54) is 0 Å². The van der Waals surface area contributed by atoms with E-state index in [4.69, 9.17) is 9.68 Å². The third kappa shape index (κ3) is 3.74. The first-order valence-electron chi connectivity index (χ1n) is 6.08. The molecule has 0 radical (unpaired) electrons. The maximum absolute atomic E-state index is 11.8. The SMILES string of the molecule is CCC(=O)N(Oc1ccccc1)Oc1ccccc1.